The Bertz CT molecular complexity index is 681. The summed E-state index contributed by atoms with van der Waals surface area (Å²) in [6.07, 6.45) is 5.46. The quantitative estimate of drug-likeness (QED) is 0.674. The zero-order chi connectivity index (χ0) is 13.8. The number of aromatic nitrogens is 2. The van der Waals surface area contributed by atoms with Crippen LogP contribution in [0.5, 0.6) is 5.75 Å². The van der Waals surface area contributed by atoms with Gasteiger partial charge < -0.3 is 9.30 Å². The largest absolute Gasteiger partial charge is 0.478 e. The van der Waals surface area contributed by atoms with Gasteiger partial charge in [0.15, 0.2) is 6.07 Å². The van der Waals surface area contributed by atoms with E-state index < -0.39 is 0 Å². The Morgan fingerprint density at radius 3 is 2.65 bits per heavy atom. The number of imidazole rings is 1. The summed E-state index contributed by atoms with van der Waals surface area (Å²) in [6, 6.07) is 16.2. The van der Waals surface area contributed by atoms with Crippen LogP contribution in [-0.4, -0.2) is 15.6 Å². The van der Waals surface area contributed by atoms with E-state index in [1.54, 1.807) is 12.5 Å². The predicted molar refractivity (Wildman–Crippen MR) is 80.3 cm³/mol. The van der Waals surface area contributed by atoms with Crippen molar-refractivity contribution in [3.8, 4) is 22.6 Å². The standard InChI is InChI=1S/C16H13ClN2O/c17-11-20-14-6-7-16(19-9-8-18-12-19)15(10-14)13-4-2-1-3-5-13/h1-10,12H,11H2. The smallest absolute Gasteiger partial charge is 0.162 e. The van der Waals surface area contributed by atoms with Crippen LogP contribution in [0.25, 0.3) is 16.8 Å². The second-order valence-electron chi connectivity index (χ2n) is 4.27. The van der Waals surface area contributed by atoms with Gasteiger partial charge >= 0.3 is 0 Å². The zero-order valence-electron chi connectivity index (χ0n) is 10.7. The molecule has 100 valence electrons. The van der Waals surface area contributed by atoms with E-state index in [2.05, 4.69) is 17.1 Å². The lowest BCUT2D eigenvalue weighted by molar-refractivity contribution is 0.388. The van der Waals surface area contributed by atoms with Crippen LogP contribution >= 0.6 is 11.6 Å². The second-order valence-corrected chi connectivity index (χ2v) is 4.49. The van der Waals surface area contributed by atoms with Crippen LogP contribution in [0.2, 0.25) is 0 Å². The Morgan fingerprint density at radius 1 is 1.10 bits per heavy atom. The minimum atomic E-state index is 0.138. The normalized spacial score (nSPS) is 10.4. The Labute approximate surface area is 122 Å². The maximum Gasteiger partial charge on any atom is 0.162 e. The van der Waals surface area contributed by atoms with Crippen molar-refractivity contribution >= 4 is 11.6 Å². The molecule has 2 aromatic carbocycles. The van der Waals surface area contributed by atoms with Gasteiger partial charge in [-0.05, 0) is 23.8 Å². The molecule has 3 nitrogen and oxygen atoms in total. The minimum Gasteiger partial charge on any atom is -0.478 e. The van der Waals surface area contributed by atoms with Crippen molar-refractivity contribution in [3.63, 3.8) is 0 Å². The van der Waals surface area contributed by atoms with Gasteiger partial charge in [0.05, 0.1) is 12.0 Å². The first-order valence-electron chi connectivity index (χ1n) is 6.25. The van der Waals surface area contributed by atoms with Gasteiger partial charge in [0.2, 0.25) is 0 Å². The summed E-state index contributed by atoms with van der Waals surface area (Å²) in [6.45, 7) is 0. The van der Waals surface area contributed by atoms with Crippen molar-refractivity contribution in [2.24, 2.45) is 0 Å². The first-order chi connectivity index (χ1) is 9.88. The van der Waals surface area contributed by atoms with E-state index in [0.717, 1.165) is 22.6 Å². The molecule has 4 heteroatoms. The van der Waals surface area contributed by atoms with E-state index in [0.29, 0.717) is 0 Å². The fraction of sp³-hybridized carbons (Fsp3) is 0.0625. The molecular formula is C16H13ClN2O. The van der Waals surface area contributed by atoms with Gasteiger partial charge in [0.1, 0.15) is 5.75 Å². The molecule has 0 fully saturated rings. The fourth-order valence-electron chi connectivity index (χ4n) is 2.14. The van der Waals surface area contributed by atoms with Crippen molar-refractivity contribution in [3.05, 3.63) is 67.3 Å². The third kappa shape index (κ3) is 2.53. The van der Waals surface area contributed by atoms with Crippen molar-refractivity contribution < 1.29 is 4.74 Å². The van der Waals surface area contributed by atoms with Crippen molar-refractivity contribution in [1.82, 2.24) is 9.55 Å². The summed E-state index contributed by atoms with van der Waals surface area (Å²) in [5, 5.41) is 0. The molecule has 0 spiro atoms. The number of hydrogen-bond acceptors (Lipinski definition) is 2. The molecule has 0 aliphatic rings. The van der Waals surface area contributed by atoms with Gasteiger partial charge in [0, 0.05) is 18.0 Å². The number of nitrogens with zero attached hydrogens (tertiary/aromatic N) is 2. The molecule has 0 radical (unpaired) electrons. The summed E-state index contributed by atoms with van der Waals surface area (Å²) in [7, 11) is 0. The van der Waals surface area contributed by atoms with Gasteiger partial charge in [-0.25, -0.2) is 4.98 Å². The molecule has 3 rings (SSSR count). The van der Waals surface area contributed by atoms with Gasteiger partial charge in [-0.15, -0.1) is 0 Å². The lowest BCUT2D eigenvalue weighted by atomic mass is 10.0. The van der Waals surface area contributed by atoms with Gasteiger partial charge in [-0.3, -0.25) is 0 Å². The summed E-state index contributed by atoms with van der Waals surface area (Å²) in [5.41, 5.74) is 3.25. The minimum absolute atomic E-state index is 0.138. The highest BCUT2D eigenvalue weighted by molar-refractivity contribution is 6.17. The fourth-order valence-corrected chi connectivity index (χ4v) is 2.27. The van der Waals surface area contributed by atoms with E-state index in [1.165, 1.54) is 0 Å². The van der Waals surface area contributed by atoms with Crippen LogP contribution in [0.4, 0.5) is 0 Å². The van der Waals surface area contributed by atoms with Gasteiger partial charge in [-0.1, -0.05) is 41.9 Å². The Kier molecular flexibility index (Phi) is 3.70. The van der Waals surface area contributed by atoms with Gasteiger partial charge in [0.25, 0.3) is 0 Å². The highest BCUT2D eigenvalue weighted by Crippen LogP contribution is 2.30. The van der Waals surface area contributed by atoms with Crippen LogP contribution in [0.3, 0.4) is 0 Å². The molecule has 0 unspecified atom stereocenters. The van der Waals surface area contributed by atoms with Crippen LogP contribution in [0, 0.1) is 0 Å². The number of ether oxygens (including phenoxy) is 1. The van der Waals surface area contributed by atoms with Crippen LogP contribution in [0.15, 0.2) is 67.3 Å². The molecular weight excluding hydrogens is 272 g/mol. The van der Waals surface area contributed by atoms with Crippen LogP contribution in [0.1, 0.15) is 0 Å². The third-order valence-corrected chi connectivity index (χ3v) is 3.17. The molecule has 1 heterocycles. The molecule has 0 N–H and O–H groups in total. The van der Waals surface area contributed by atoms with E-state index in [1.807, 2.05) is 47.2 Å². The lowest BCUT2D eigenvalue weighted by Crippen LogP contribution is -1.96. The molecule has 0 atom stereocenters. The van der Waals surface area contributed by atoms with Crippen LogP contribution in [-0.2, 0) is 0 Å². The average Bonchev–Trinajstić information content (AvgIpc) is 3.03. The molecule has 0 bridgehead atoms. The highest BCUT2D eigenvalue weighted by atomic mass is 35.5. The first-order valence-corrected chi connectivity index (χ1v) is 6.78. The molecule has 0 saturated carbocycles. The number of halogens is 1. The molecule has 0 aliphatic heterocycles. The number of benzene rings is 2. The number of rotatable bonds is 4. The van der Waals surface area contributed by atoms with Crippen molar-refractivity contribution in [2.75, 3.05) is 6.07 Å². The molecule has 1 aromatic heterocycles. The summed E-state index contributed by atoms with van der Waals surface area (Å²) in [4.78, 5) is 4.10. The monoisotopic (exact) mass is 284 g/mol. The van der Waals surface area contributed by atoms with E-state index >= 15 is 0 Å². The Hall–Kier alpha value is -2.26. The highest BCUT2D eigenvalue weighted by Gasteiger charge is 2.08. The van der Waals surface area contributed by atoms with E-state index in [9.17, 15) is 0 Å². The maximum absolute atomic E-state index is 5.64. The molecule has 0 aliphatic carbocycles. The van der Waals surface area contributed by atoms with E-state index in [-0.39, 0.29) is 6.07 Å². The average molecular weight is 285 g/mol. The first kappa shape index (κ1) is 12.8. The topological polar surface area (TPSA) is 27.1 Å². The van der Waals surface area contributed by atoms with Gasteiger partial charge in [-0.2, -0.15) is 0 Å². The molecule has 3 aromatic rings. The number of alkyl halides is 1. The molecule has 0 saturated heterocycles. The number of hydrogen-bond donors (Lipinski definition) is 0. The van der Waals surface area contributed by atoms with Crippen LogP contribution < -0.4 is 4.74 Å². The van der Waals surface area contributed by atoms with E-state index in [4.69, 9.17) is 16.3 Å². The third-order valence-electron chi connectivity index (χ3n) is 3.06. The Balaban J connectivity index is 2.15. The van der Waals surface area contributed by atoms with Crippen molar-refractivity contribution in [1.29, 1.82) is 0 Å². The SMILES string of the molecule is ClCOc1ccc(-n2ccnc2)c(-c2ccccc2)c1. The predicted octanol–water partition coefficient (Wildman–Crippen LogP) is 4.11. The molecule has 0 amide bonds. The Morgan fingerprint density at radius 2 is 1.95 bits per heavy atom. The zero-order valence-corrected chi connectivity index (χ0v) is 11.5. The maximum atomic E-state index is 5.64. The lowest BCUT2D eigenvalue weighted by Gasteiger charge is -2.12. The summed E-state index contributed by atoms with van der Waals surface area (Å²) < 4.78 is 7.36. The molecule has 20 heavy (non-hydrogen) atoms. The summed E-state index contributed by atoms with van der Waals surface area (Å²) >= 11 is 5.64. The summed E-state index contributed by atoms with van der Waals surface area (Å²) in [5.74, 6) is 0.753. The van der Waals surface area contributed by atoms with Crippen molar-refractivity contribution in [2.45, 2.75) is 0 Å². The second kappa shape index (κ2) is 5.80.